The van der Waals surface area contributed by atoms with E-state index in [-0.39, 0.29) is 18.2 Å². The summed E-state index contributed by atoms with van der Waals surface area (Å²) >= 11 is 1.70. The van der Waals surface area contributed by atoms with E-state index in [4.69, 9.17) is 9.52 Å². The summed E-state index contributed by atoms with van der Waals surface area (Å²) in [6.07, 6.45) is 2.15. The van der Waals surface area contributed by atoms with Crippen LogP contribution in [0.2, 0.25) is 0 Å². The van der Waals surface area contributed by atoms with Gasteiger partial charge in [0.2, 0.25) is 5.89 Å². The standard InChI is InChI=1S/C15H18N2O3S/c18-8-4-9-21-10-7-16-14(19)13-11-20-15(17-13)12-5-2-1-3-6-12/h1-3,5-6,11,18H,4,7-10H2,(H,16,19). The third-order valence-corrected chi connectivity index (χ3v) is 3.81. The van der Waals surface area contributed by atoms with Crippen LogP contribution in [0.15, 0.2) is 41.0 Å². The van der Waals surface area contributed by atoms with E-state index in [2.05, 4.69) is 10.3 Å². The predicted molar refractivity (Wildman–Crippen MR) is 83.3 cm³/mol. The molecule has 1 aromatic carbocycles. The molecule has 1 aromatic heterocycles. The normalized spacial score (nSPS) is 10.5. The minimum absolute atomic E-state index is 0.209. The van der Waals surface area contributed by atoms with Crippen molar-refractivity contribution in [3.8, 4) is 11.5 Å². The fourth-order valence-corrected chi connectivity index (χ4v) is 2.47. The van der Waals surface area contributed by atoms with Crippen molar-refractivity contribution in [3.05, 3.63) is 42.3 Å². The van der Waals surface area contributed by atoms with E-state index in [1.807, 2.05) is 30.3 Å². The Morgan fingerprint density at radius 3 is 2.86 bits per heavy atom. The second-order valence-corrected chi connectivity index (χ2v) is 5.57. The lowest BCUT2D eigenvalue weighted by molar-refractivity contribution is 0.0951. The number of carbonyl (C=O) groups excluding carboxylic acids is 1. The van der Waals surface area contributed by atoms with Gasteiger partial charge in [-0.2, -0.15) is 11.8 Å². The highest BCUT2D eigenvalue weighted by Crippen LogP contribution is 2.17. The Morgan fingerprint density at radius 1 is 1.29 bits per heavy atom. The molecule has 0 spiro atoms. The van der Waals surface area contributed by atoms with Crippen LogP contribution in [0.1, 0.15) is 16.9 Å². The van der Waals surface area contributed by atoms with Crippen molar-refractivity contribution in [3.63, 3.8) is 0 Å². The number of nitrogens with one attached hydrogen (secondary N) is 1. The molecule has 2 rings (SSSR count). The van der Waals surface area contributed by atoms with E-state index in [1.54, 1.807) is 11.8 Å². The number of benzene rings is 1. The van der Waals surface area contributed by atoms with Gasteiger partial charge in [0.1, 0.15) is 6.26 Å². The highest BCUT2D eigenvalue weighted by Gasteiger charge is 2.12. The zero-order valence-corrected chi connectivity index (χ0v) is 12.4. The molecule has 0 aliphatic carbocycles. The number of nitrogens with zero attached hydrogens (tertiary/aromatic N) is 1. The molecule has 0 saturated heterocycles. The van der Waals surface area contributed by atoms with Gasteiger partial charge >= 0.3 is 0 Å². The van der Waals surface area contributed by atoms with Gasteiger partial charge < -0.3 is 14.8 Å². The van der Waals surface area contributed by atoms with Crippen molar-refractivity contribution in [2.75, 3.05) is 24.7 Å². The molecule has 0 aliphatic heterocycles. The molecule has 0 unspecified atom stereocenters. The fraction of sp³-hybridized carbons (Fsp3) is 0.333. The third-order valence-electron chi connectivity index (χ3n) is 2.74. The topological polar surface area (TPSA) is 75.4 Å². The lowest BCUT2D eigenvalue weighted by Crippen LogP contribution is -2.26. The second-order valence-electron chi connectivity index (χ2n) is 4.35. The van der Waals surface area contributed by atoms with Crippen molar-refractivity contribution in [2.45, 2.75) is 6.42 Å². The van der Waals surface area contributed by atoms with Gasteiger partial charge in [0.15, 0.2) is 5.69 Å². The highest BCUT2D eigenvalue weighted by molar-refractivity contribution is 7.99. The van der Waals surface area contributed by atoms with Crippen LogP contribution in [-0.2, 0) is 0 Å². The molecular weight excluding hydrogens is 288 g/mol. The summed E-state index contributed by atoms with van der Waals surface area (Å²) in [6.45, 7) is 0.781. The Balaban J connectivity index is 1.80. The molecule has 6 heteroatoms. The molecule has 0 radical (unpaired) electrons. The highest BCUT2D eigenvalue weighted by atomic mass is 32.2. The maximum absolute atomic E-state index is 11.9. The Hall–Kier alpha value is -1.79. The number of hydrogen-bond acceptors (Lipinski definition) is 5. The van der Waals surface area contributed by atoms with Crippen LogP contribution in [0.4, 0.5) is 0 Å². The molecule has 0 atom stereocenters. The molecular formula is C15H18N2O3S. The Morgan fingerprint density at radius 2 is 2.10 bits per heavy atom. The minimum atomic E-state index is -0.233. The van der Waals surface area contributed by atoms with Crippen molar-refractivity contribution in [2.24, 2.45) is 0 Å². The number of aliphatic hydroxyl groups excluding tert-OH is 1. The lowest BCUT2D eigenvalue weighted by atomic mass is 10.2. The van der Waals surface area contributed by atoms with E-state index in [9.17, 15) is 4.79 Å². The van der Waals surface area contributed by atoms with Gasteiger partial charge in [-0.3, -0.25) is 4.79 Å². The smallest absolute Gasteiger partial charge is 0.273 e. The number of hydrogen-bond donors (Lipinski definition) is 2. The van der Waals surface area contributed by atoms with Gasteiger partial charge in [0, 0.05) is 24.5 Å². The number of oxazole rings is 1. The van der Waals surface area contributed by atoms with E-state index in [0.717, 1.165) is 23.5 Å². The molecule has 0 aliphatic rings. The maximum Gasteiger partial charge on any atom is 0.273 e. The number of carbonyl (C=O) groups is 1. The molecule has 2 aromatic rings. The number of aromatic nitrogens is 1. The molecule has 2 N–H and O–H groups in total. The first-order valence-corrected chi connectivity index (χ1v) is 7.94. The zero-order chi connectivity index (χ0) is 14.9. The van der Waals surface area contributed by atoms with Crippen LogP contribution in [-0.4, -0.2) is 40.7 Å². The summed E-state index contributed by atoms with van der Waals surface area (Å²) in [6, 6.07) is 9.46. The quantitative estimate of drug-likeness (QED) is 0.731. The van der Waals surface area contributed by atoms with Gasteiger partial charge in [-0.15, -0.1) is 0 Å². The summed E-state index contributed by atoms with van der Waals surface area (Å²) in [5.74, 6) is 1.92. The molecule has 0 bridgehead atoms. The number of aliphatic hydroxyl groups is 1. The van der Waals surface area contributed by atoms with Crippen molar-refractivity contribution < 1.29 is 14.3 Å². The van der Waals surface area contributed by atoms with E-state index in [0.29, 0.717) is 12.4 Å². The van der Waals surface area contributed by atoms with E-state index >= 15 is 0 Å². The van der Waals surface area contributed by atoms with Gasteiger partial charge in [0.25, 0.3) is 5.91 Å². The molecule has 112 valence electrons. The molecule has 1 amide bonds. The summed E-state index contributed by atoms with van der Waals surface area (Å²) < 4.78 is 5.33. The van der Waals surface area contributed by atoms with Gasteiger partial charge in [-0.05, 0) is 24.3 Å². The lowest BCUT2D eigenvalue weighted by Gasteiger charge is -2.02. The molecule has 21 heavy (non-hydrogen) atoms. The van der Waals surface area contributed by atoms with Crippen LogP contribution >= 0.6 is 11.8 Å². The average Bonchev–Trinajstić information content (AvgIpc) is 3.01. The second kappa shape index (κ2) is 8.49. The number of amides is 1. The molecule has 5 nitrogen and oxygen atoms in total. The van der Waals surface area contributed by atoms with Crippen molar-refractivity contribution in [1.82, 2.24) is 10.3 Å². The van der Waals surface area contributed by atoms with E-state index in [1.165, 1.54) is 6.26 Å². The first-order valence-electron chi connectivity index (χ1n) is 6.79. The van der Waals surface area contributed by atoms with Gasteiger partial charge in [-0.25, -0.2) is 4.98 Å². The number of rotatable bonds is 8. The monoisotopic (exact) mass is 306 g/mol. The zero-order valence-electron chi connectivity index (χ0n) is 11.6. The Kier molecular flexibility index (Phi) is 6.30. The van der Waals surface area contributed by atoms with Crippen LogP contribution in [0.25, 0.3) is 11.5 Å². The van der Waals surface area contributed by atoms with E-state index < -0.39 is 0 Å². The van der Waals surface area contributed by atoms with Gasteiger partial charge in [0.05, 0.1) is 0 Å². The molecule has 1 heterocycles. The predicted octanol–water partition coefficient (Wildman–Crippen LogP) is 2.19. The van der Waals surface area contributed by atoms with Crippen LogP contribution in [0.5, 0.6) is 0 Å². The van der Waals surface area contributed by atoms with Crippen LogP contribution in [0, 0.1) is 0 Å². The Labute approximate surface area is 127 Å². The molecule has 0 saturated carbocycles. The maximum atomic E-state index is 11.9. The minimum Gasteiger partial charge on any atom is -0.444 e. The summed E-state index contributed by atoms with van der Waals surface area (Å²) in [5, 5.41) is 11.5. The summed E-state index contributed by atoms with van der Waals surface area (Å²) in [4.78, 5) is 16.1. The largest absolute Gasteiger partial charge is 0.444 e. The number of thioether (sulfide) groups is 1. The summed E-state index contributed by atoms with van der Waals surface area (Å²) in [5.41, 5.74) is 1.13. The van der Waals surface area contributed by atoms with Crippen LogP contribution < -0.4 is 5.32 Å². The SMILES string of the molecule is O=C(NCCSCCCO)c1coc(-c2ccccc2)n1. The van der Waals surface area contributed by atoms with Gasteiger partial charge in [-0.1, -0.05) is 18.2 Å². The first-order chi connectivity index (χ1) is 10.3. The van der Waals surface area contributed by atoms with Crippen molar-refractivity contribution in [1.29, 1.82) is 0 Å². The average molecular weight is 306 g/mol. The Bertz CT molecular complexity index is 557. The molecule has 0 fully saturated rings. The first kappa shape index (κ1) is 15.6. The fourth-order valence-electron chi connectivity index (χ4n) is 1.69. The summed E-state index contributed by atoms with van der Waals surface area (Å²) in [7, 11) is 0. The third kappa shape index (κ3) is 4.91. The van der Waals surface area contributed by atoms with Crippen LogP contribution in [0.3, 0.4) is 0 Å². The van der Waals surface area contributed by atoms with Crippen molar-refractivity contribution >= 4 is 17.7 Å².